The molecule has 4 aliphatic heterocycles. The molecule has 4 heterocycles. The minimum Gasteiger partial charge on any atom is -0.459 e. The molecular weight excluding hydrogens is 594 g/mol. The average Bonchev–Trinajstić information content (AvgIpc) is 3.78. The van der Waals surface area contributed by atoms with E-state index in [0.717, 1.165) is 6.42 Å². The van der Waals surface area contributed by atoms with E-state index >= 15 is 0 Å². The predicted octanol–water partition coefficient (Wildman–Crippen LogP) is 3.41. The van der Waals surface area contributed by atoms with Crippen LogP contribution in [0, 0.1) is 29.6 Å². The highest BCUT2D eigenvalue weighted by molar-refractivity contribution is 5.73. The summed E-state index contributed by atoms with van der Waals surface area (Å²) in [4.78, 5) is 16.1. The Morgan fingerprint density at radius 2 is 1.61 bits per heavy atom. The Balaban J connectivity index is 1.83. The fourth-order valence-corrected chi connectivity index (χ4v) is 8.26. The number of epoxide rings is 1. The molecule has 0 aromatic carbocycles. The van der Waals surface area contributed by atoms with E-state index in [1.54, 1.807) is 21.0 Å². The molecule has 268 valence electrons. The Kier molecular flexibility index (Phi) is 12.0. The van der Waals surface area contributed by atoms with Gasteiger partial charge in [-0.05, 0) is 78.8 Å². The predicted molar refractivity (Wildman–Crippen MR) is 172 cm³/mol. The van der Waals surface area contributed by atoms with Gasteiger partial charge in [-0.3, -0.25) is 4.79 Å². The van der Waals surface area contributed by atoms with E-state index in [1.165, 1.54) is 0 Å². The van der Waals surface area contributed by atoms with Crippen molar-refractivity contribution < 1.29 is 48.2 Å². The molecule has 4 fully saturated rings. The molecule has 11 heteroatoms. The first-order chi connectivity index (χ1) is 21.4. The Morgan fingerprint density at radius 1 is 0.978 bits per heavy atom. The number of aliphatic hydroxyl groups excluding tert-OH is 1. The van der Waals surface area contributed by atoms with Gasteiger partial charge in [0, 0.05) is 19.1 Å². The summed E-state index contributed by atoms with van der Waals surface area (Å²) in [7, 11) is 5.76. The van der Waals surface area contributed by atoms with E-state index in [0.29, 0.717) is 26.1 Å². The smallest absolute Gasteiger partial charge is 0.311 e. The van der Waals surface area contributed by atoms with E-state index in [-0.39, 0.29) is 48.5 Å². The summed E-state index contributed by atoms with van der Waals surface area (Å²) in [6, 6.07) is 0.0690. The summed E-state index contributed by atoms with van der Waals surface area (Å²) >= 11 is 0. The van der Waals surface area contributed by atoms with Crippen molar-refractivity contribution in [3.05, 3.63) is 0 Å². The molecule has 0 amide bonds. The van der Waals surface area contributed by atoms with E-state index in [1.807, 2.05) is 41.8 Å². The van der Waals surface area contributed by atoms with Crippen molar-refractivity contribution >= 4 is 5.97 Å². The van der Waals surface area contributed by atoms with Crippen LogP contribution in [-0.4, -0.2) is 128 Å². The molecule has 0 aliphatic carbocycles. The van der Waals surface area contributed by atoms with E-state index < -0.39 is 59.4 Å². The molecular formula is C35H63NO10. The molecule has 2 bridgehead atoms. The lowest BCUT2D eigenvalue weighted by Crippen LogP contribution is -2.60. The van der Waals surface area contributed by atoms with Crippen LogP contribution >= 0.6 is 0 Å². The Labute approximate surface area is 276 Å². The maximum absolute atomic E-state index is 13.9. The fourth-order valence-electron chi connectivity index (χ4n) is 8.26. The summed E-state index contributed by atoms with van der Waals surface area (Å²) in [5, 5.41) is 23.2. The first-order valence-corrected chi connectivity index (χ1v) is 17.4. The van der Waals surface area contributed by atoms with Crippen LogP contribution in [0.15, 0.2) is 0 Å². The summed E-state index contributed by atoms with van der Waals surface area (Å²) in [5.74, 6) is -1.89. The highest BCUT2D eigenvalue weighted by Crippen LogP contribution is 2.45. The van der Waals surface area contributed by atoms with Crippen molar-refractivity contribution in [3.63, 3.8) is 0 Å². The highest BCUT2D eigenvalue weighted by Gasteiger charge is 2.56. The van der Waals surface area contributed by atoms with Gasteiger partial charge in [-0.15, -0.1) is 0 Å². The van der Waals surface area contributed by atoms with Gasteiger partial charge in [-0.25, -0.2) is 0 Å². The molecule has 2 unspecified atom stereocenters. The van der Waals surface area contributed by atoms with Crippen molar-refractivity contribution in [2.75, 3.05) is 41.0 Å². The van der Waals surface area contributed by atoms with Crippen LogP contribution in [0.5, 0.6) is 0 Å². The van der Waals surface area contributed by atoms with Gasteiger partial charge in [-0.1, -0.05) is 34.6 Å². The third-order valence-electron chi connectivity index (χ3n) is 11.9. The Bertz CT molecular complexity index is 1020. The number of esters is 1. The largest absolute Gasteiger partial charge is 0.459 e. The second-order valence-electron chi connectivity index (χ2n) is 15.7. The molecule has 0 aromatic rings. The summed E-state index contributed by atoms with van der Waals surface area (Å²) in [5.41, 5.74) is -3.12. The van der Waals surface area contributed by atoms with E-state index in [2.05, 4.69) is 25.7 Å². The molecule has 4 rings (SSSR count). The second-order valence-corrected chi connectivity index (χ2v) is 15.7. The Morgan fingerprint density at radius 3 is 2.17 bits per heavy atom. The van der Waals surface area contributed by atoms with E-state index in [9.17, 15) is 15.0 Å². The van der Waals surface area contributed by atoms with Crippen LogP contribution in [0.25, 0.3) is 0 Å². The van der Waals surface area contributed by atoms with Gasteiger partial charge in [0.15, 0.2) is 6.29 Å². The number of methoxy groups -OCH3 is 1. The van der Waals surface area contributed by atoms with Crippen LogP contribution in [-0.2, 0) is 38.0 Å². The molecule has 4 aliphatic rings. The number of likely N-dealkylation sites (N-methyl/N-ethyl adjacent to an activating group) is 1. The SMILES string of the molecule is CC[C@H]1OC(=O)[C@H](C)[C@H]2OCC3(CO3)CO[C@](C)(C[C@@H](C)C(C)[C@H](C)[C@@H](O)[C@]1(C)O)[C@H](O[C@@H]1O[C@H](C)C[C@H](N(C)C)[C@H]1OC)[C@H]2C. The average molecular weight is 658 g/mol. The maximum atomic E-state index is 13.9. The van der Waals surface area contributed by atoms with Gasteiger partial charge in [0.1, 0.15) is 23.4 Å². The van der Waals surface area contributed by atoms with Crippen molar-refractivity contribution in [1.82, 2.24) is 4.90 Å². The first kappa shape index (κ1) is 37.9. The molecule has 4 saturated heterocycles. The second kappa shape index (κ2) is 14.5. The minimum absolute atomic E-state index is 0.0328. The maximum Gasteiger partial charge on any atom is 0.311 e. The standard InChI is InChI=1S/C35H63NO10/c1-13-26-34(9,39)29(37)22(5)21(4)19(2)15-33(8)30(46-32-28(40-12)25(36(10)11)14-20(3)44-32)23(6)27(24(7)31(38)45-26)41-16-35(17-42-33)18-43-35/h19-30,32,37,39H,13-18H2,1-12H3/t19-,20-,21?,22+,23+,24-,25+,26-,27+,28-,29-,30-,32+,33-,34-,35?/m1/s1. The van der Waals surface area contributed by atoms with Crippen LogP contribution < -0.4 is 0 Å². The number of carbonyl (C=O) groups excluding carboxylic acids is 1. The molecule has 0 radical (unpaired) electrons. The van der Waals surface area contributed by atoms with Crippen LogP contribution in [0.2, 0.25) is 0 Å². The number of nitrogens with zero attached hydrogens (tertiary/aromatic N) is 1. The number of fused-ring (bicyclic) bond motifs is 3. The van der Waals surface area contributed by atoms with Crippen LogP contribution in [0.3, 0.4) is 0 Å². The number of hydrogen-bond acceptors (Lipinski definition) is 11. The van der Waals surface area contributed by atoms with Crippen molar-refractivity contribution in [3.8, 4) is 0 Å². The summed E-state index contributed by atoms with van der Waals surface area (Å²) in [6.07, 6.45) is -2.65. The zero-order chi connectivity index (χ0) is 34.4. The van der Waals surface area contributed by atoms with Gasteiger partial charge >= 0.3 is 5.97 Å². The molecule has 2 N–H and O–H groups in total. The number of carbonyl (C=O) groups is 1. The number of aliphatic hydroxyl groups is 2. The zero-order valence-corrected chi connectivity index (χ0v) is 30.4. The minimum atomic E-state index is -1.65. The van der Waals surface area contributed by atoms with Crippen molar-refractivity contribution in [2.45, 2.75) is 147 Å². The third kappa shape index (κ3) is 7.63. The quantitative estimate of drug-likeness (QED) is 0.334. The number of ether oxygens (including phenoxy) is 7. The molecule has 11 nitrogen and oxygen atoms in total. The number of rotatable bonds is 5. The van der Waals surface area contributed by atoms with Gasteiger partial charge in [0.25, 0.3) is 0 Å². The number of cyclic esters (lactones) is 1. The van der Waals surface area contributed by atoms with Crippen molar-refractivity contribution in [1.29, 1.82) is 0 Å². The number of hydrogen-bond donors (Lipinski definition) is 2. The molecule has 1 spiro atoms. The normalized spacial score (nSPS) is 51.2. The lowest BCUT2D eigenvalue weighted by Gasteiger charge is -2.49. The first-order valence-electron chi connectivity index (χ1n) is 17.4. The highest BCUT2D eigenvalue weighted by atomic mass is 16.7. The lowest BCUT2D eigenvalue weighted by molar-refractivity contribution is -0.307. The summed E-state index contributed by atoms with van der Waals surface area (Å²) < 4.78 is 45.1. The molecule has 46 heavy (non-hydrogen) atoms. The lowest BCUT2D eigenvalue weighted by atomic mass is 9.70. The zero-order valence-electron chi connectivity index (χ0n) is 30.4. The topological polar surface area (TPSA) is 129 Å². The Hall–Kier alpha value is -0.890. The monoisotopic (exact) mass is 657 g/mol. The summed E-state index contributed by atoms with van der Waals surface area (Å²) in [6.45, 7) is 18.7. The van der Waals surface area contributed by atoms with Gasteiger partial charge in [0.05, 0.1) is 55.8 Å². The third-order valence-corrected chi connectivity index (χ3v) is 11.9. The molecule has 0 saturated carbocycles. The van der Waals surface area contributed by atoms with E-state index in [4.69, 9.17) is 33.2 Å². The van der Waals surface area contributed by atoms with Crippen LogP contribution in [0.4, 0.5) is 0 Å². The van der Waals surface area contributed by atoms with Crippen LogP contribution in [0.1, 0.15) is 81.6 Å². The van der Waals surface area contributed by atoms with Gasteiger partial charge in [-0.2, -0.15) is 0 Å². The van der Waals surface area contributed by atoms with Gasteiger partial charge < -0.3 is 48.3 Å². The van der Waals surface area contributed by atoms with Crippen molar-refractivity contribution in [2.24, 2.45) is 29.6 Å². The van der Waals surface area contributed by atoms with Gasteiger partial charge in [0.2, 0.25) is 0 Å². The molecule has 0 aromatic heterocycles. The fraction of sp³-hybridized carbons (Fsp3) is 0.971. The molecule has 16 atom stereocenters.